The predicted octanol–water partition coefficient (Wildman–Crippen LogP) is 1.49. The van der Waals surface area contributed by atoms with Crippen molar-refractivity contribution in [2.75, 3.05) is 12.4 Å². The Morgan fingerprint density at radius 2 is 2.14 bits per heavy atom. The molecule has 0 radical (unpaired) electrons. The van der Waals surface area contributed by atoms with Crippen LogP contribution in [0, 0.1) is 6.92 Å². The number of aryl methyl sites for hydroxylation is 1. The monoisotopic (exact) mass is 210 g/mol. The number of benzene rings is 1. The second kappa shape index (κ2) is 3.09. The van der Waals surface area contributed by atoms with Gasteiger partial charge >= 0.3 is 6.03 Å². The molecule has 1 atom stereocenters. The van der Waals surface area contributed by atoms with Gasteiger partial charge in [-0.1, -0.05) is 6.07 Å². The topological polar surface area (TPSA) is 49.4 Å². The number of nitrogens with zero attached hydrogens (tertiary/aromatic N) is 1. The molecule has 2 amide bonds. The Hall–Kier alpha value is -1.36. The lowest BCUT2D eigenvalue weighted by atomic mass is 10.2. The van der Waals surface area contributed by atoms with Gasteiger partial charge in [0.25, 0.3) is 0 Å². The minimum Gasteiger partial charge on any atom is -0.306 e. The van der Waals surface area contributed by atoms with Crippen molar-refractivity contribution < 1.29 is 9.00 Å². The van der Waals surface area contributed by atoms with E-state index in [1.54, 1.807) is 6.07 Å². The van der Waals surface area contributed by atoms with E-state index in [1.165, 1.54) is 11.4 Å². The van der Waals surface area contributed by atoms with Crippen LogP contribution in [0.5, 0.6) is 0 Å². The van der Waals surface area contributed by atoms with Gasteiger partial charge in [0.05, 0.1) is 10.6 Å². The van der Waals surface area contributed by atoms with Crippen LogP contribution in [-0.4, -0.2) is 21.6 Å². The first-order valence-corrected chi connectivity index (χ1v) is 5.27. The Morgan fingerprint density at radius 3 is 2.86 bits per heavy atom. The van der Waals surface area contributed by atoms with Crippen molar-refractivity contribution in [3.63, 3.8) is 0 Å². The Morgan fingerprint density at radius 1 is 1.43 bits per heavy atom. The summed E-state index contributed by atoms with van der Waals surface area (Å²) >= 11 is 0. The highest BCUT2D eigenvalue weighted by Crippen LogP contribution is 2.26. The number of carbonyl (C=O) groups is 1. The average Bonchev–Trinajstić information content (AvgIpc) is 2.16. The van der Waals surface area contributed by atoms with Crippen LogP contribution in [0.4, 0.5) is 10.5 Å². The predicted molar refractivity (Wildman–Crippen MR) is 54.4 cm³/mol. The molecule has 1 unspecified atom stereocenters. The highest BCUT2D eigenvalue weighted by molar-refractivity contribution is 7.83. The summed E-state index contributed by atoms with van der Waals surface area (Å²) in [4.78, 5) is 11.9. The summed E-state index contributed by atoms with van der Waals surface area (Å²) in [5.74, 6) is 0. The molecule has 0 bridgehead atoms. The summed E-state index contributed by atoms with van der Waals surface area (Å²) in [6.45, 7) is 1.92. The molecule has 0 saturated carbocycles. The minimum atomic E-state index is -1.38. The van der Waals surface area contributed by atoms with Crippen molar-refractivity contribution in [1.82, 2.24) is 4.31 Å². The zero-order valence-corrected chi connectivity index (χ0v) is 8.72. The van der Waals surface area contributed by atoms with Crippen molar-refractivity contribution in [2.45, 2.75) is 11.8 Å². The zero-order chi connectivity index (χ0) is 10.3. The van der Waals surface area contributed by atoms with E-state index in [-0.39, 0.29) is 6.03 Å². The summed E-state index contributed by atoms with van der Waals surface area (Å²) in [7, 11) is 0.132. The lowest BCUT2D eigenvalue weighted by Gasteiger charge is -2.24. The van der Waals surface area contributed by atoms with Gasteiger partial charge in [-0.05, 0) is 24.6 Å². The molecule has 1 N–H and O–H groups in total. The van der Waals surface area contributed by atoms with Crippen LogP contribution in [0.25, 0.3) is 0 Å². The fourth-order valence-electron chi connectivity index (χ4n) is 1.29. The van der Waals surface area contributed by atoms with Crippen molar-refractivity contribution in [2.24, 2.45) is 0 Å². The molecule has 2 rings (SSSR count). The van der Waals surface area contributed by atoms with Crippen LogP contribution in [0.15, 0.2) is 23.1 Å². The SMILES string of the molecule is Cc1ccc2c(c1)S(=O)N(C)C(=O)N2. The summed E-state index contributed by atoms with van der Waals surface area (Å²) in [5.41, 5.74) is 1.67. The zero-order valence-electron chi connectivity index (χ0n) is 7.90. The Kier molecular flexibility index (Phi) is 2.03. The highest BCUT2D eigenvalue weighted by Gasteiger charge is 2.26. The summed E-state index contributed by atoms with van der Waals surface area (Å²) in [6, 6.07) is 5.14. The van der Waals surface area contributed by atoms with E-state index in [4.69, 9.17) is 0 Å². The van der Waals surface area contributed by atoms with E-state index in [0.29, 0.717) is 10.6 Å². The van der Waals surface area contributed by atoms with Gasteiger partial charge in [0, 0.05) is 7.05 Å². The van der Waals surface area contributed by atoms with Crippen molar-refractivity contribution in [1.29, 1.82) is 0 Å². The fraction of sp³-hybridized carbons (Fsp3) is 0.222. The molecular formula is C9H10N2O2S. The largest absolute Gasteiger partial charge is 0.333 e. The summed E-state index contributed by atoms with van der Waals surface area (Å²) in [6.07, 6.45) is 0. The fourth-order valence-corrected chi connectivity index (χ4v) is 2.38. The molecule has 0 fully saturated rings. The van der Waals surface area contributed by atoms with E-state index >= 15 is 0 Å². The van der Waals surface area contributed by atoms with Gasteiger partial charge < -0.3 is 5.32 Å². The van der Waals surface area contributed by atoms with E-state index in [2.05, 4.69) is 5.32 Å². The molecule has 1 aliphatic rings. The van der Waals surface area contributed by atoms with Gasteiger partial charge in [-0.15, -0.1) is 0 Å². The second-order valence-electron chi connectivity index (χ2n) is 3.18. The Balaban J connectivity index is 2.57. The average molecular weight is 210 g/mol. The summed E-state index contributed by atoms with van der Waals surface area (Å²) in [5, 5.41) is 2.66. The second-order valence-corrected chi connectivity index (χ2v) is 4.66. The Labute approximate surface area is 84.5 Å². The van der Waals surface area contributed by atoms with Gasteiger partial charge in [0.15, 0.2) is 11.0 Å². The summed E-state index contributed by atoms with van der Waals surface area (Å²) < 4.78 is 12.9. The van der Waals surface area contributed by atoms with Gasteiger partial charge in [0.1, 0.15) is 0 Å². The maximum Gasteiger partial charge on any atom is 0.333 e. The molecule has 0 aliphatic carbocycles. The van der Waals surface area contributed by atoms with Crippen LogP contribution in [0.2, 0.25) is 0 Å². The van der Waals surface area contributed by atoms with Crippen molar-refractivity contribution >= 4 is 22.7 Å². The first-order valence-electron chi connectivity index (χ1n) is 4.17. The lowest BCUT2D eigenvalue weighted by molar-refractivity contribution is 0.241. The van der Waals surface area contributed by atoms with Gasteiger partial charge in [-0.25, -0.2) is 13.3 Å². The number of amides is 2. The number of carbonyl (C=O) groups excluding carboxylic acids is 1. The normalized spacial score (nSPS) is 20.3. The van der Waals surface area contributed by atoms with Crippen LogP contribution in [-0.2, 0) is 11.0 Å². The van der Waals surface area contributed by atoms with Crippen molar-refractivity contribution in [3.05, 3.63) is 23.8 Å². The molecule has 14 heavy (non-hydrogen) atoms. The first-order chi connectivity index (χ1) is 6.59. The molecule has 4 nitrogen and oxygen atoms in total. The van der Waals surface area contributed by atoms with Crippen LogP contribution < -0.4 is 5.32 Å². The van der Waals surface area contributed by atoms with E-state index in [9.17, 15) is 9.00 Å². The Bertz CT molecular complexity index is 431. The number of hydrogen-bond donors (Lipinski definition) is 1. The molecule has 5 heteroatoms. The molecule has 1 aromatic carbocycles. The number of fused-ring (bicyclic) bond motifs is 1. The standard InChI is InChI=1S/C9H10N2O2S/c1-6-3-4-7-8(5-6)14(13)11(2)9(12)10-7/h3-5H,1-2H3,(H,10,12). The number of hydrogen-bond acceptors (Lipinski definition) is 2. The molecule has 1 heterocycles. The molecular weight excluding hydrogens is 200 g/mol. The molecule has 0 saturated heterocycles. The third-order valence-corrected chi connectivity index (χ3v) is 3.48. The molecule has 1 aliphatic heterocycles. The number of nitrogens with one attached hydrogen (secondary N) is 1. The van der Waals surface area contributed by atoms with E-state index in [0.717, 1.165) is 5.56 Å². The third-order valence-electron chi connectivity index (χ3n) is 2.10. The molecule has 74 valence electrons. The number of urea groups is 1. The van der Waals surface area contributed by atoms with Crippen LogP contribution >= 0.6 is 0 Å². The smallest absolute Gasteiger partial charge is 0.306 e. The van der Waals surface area contributed by atoms with Gasteiger partial charge in [-0.2, -0.15) is 0 Å². The van der Waals surface area contributed by atoms with Gasteiger partial charge in [-0.3, -0.25) is 0 Å². The van der Waals surface area contributed by atoms with E-state index in [1.807, 2.05) is 19.1 Å². The van der Waals surface area contributed by atoms with Crippen LogP contribution in [0.1, 0.15) is 5.56 Å². The van der Waals surface area contributed by atoms with Crippen LogP contribution in [0.3, 0.4) is 0 Å². The van der Waals surface area contributed by atoms with E-state index < -0.39 is 11.0 Å². The third kappa shape index (κ3) is 1.29. The maximum absolute atomic E-state index is 11.8. The molecule has 0 spiro atoms. The molecule has 1 aromatic rings. The van der Waals surface area contributed by atoms with Gasteiger partial charge in [0.2, 0.25) is 0 Å². The van der Waals surface area contributed by atoms with Crippen molar-refractivity contribution in [3.8, 4) is 0 Å². The maximum atomic E-state index is 11.8. The number of anilines is 1. The lowest BCUT2D eigenvalue weighted by Crippen LogP contribution is -2.37. The quantitative estimate of drug-likeness (QED) is 0.705. The number of rotatable bonds is 0. The molecule has 0 aromatic heterocycles. The first kappa shape index (κ1) is 9.21. The highest BCUT2D eigenvalue weighted by atomic mass is 32.2. The minimum absolute atomic E-state index is 0.334.